The number of guanidine groups is 1. The van der Waals surface area contributed by atoms with Crippen LogP contribution in [0.3, 0.4) is 0 Å². The molecule has 218 valence electrons. The van der Waals surface area contributed by atoms with Crippen molar-refractivity contribution >= 4 is 40.6 Å². The SMILES string of the molecule is CN(CC1(C(=O)NCCCP(OC(=O)C(F)(F)F)(c2ccccc2)(c2ccccc2)c2ccccc2)CC1)C(=N)N. The number of hydrogen-bond acceptors (Lipinski definition) is 4. The summed E-state index contributed by atoms with van der Waals surface area (Å²) in [6.07, 6.45) is -3.66. The number of nitrogens with one attached hydrogen (secondary N) is 2. The van der Waals surface area contributed by atoms with Gasteiger partial charge in [0.15, 0.2) is 0 Å². The number of carbonyl (C=O) groups is 2. The summed E-state index contributed by atoms with van der Waals surface area (Å²) in [5, 5.41) is 12.0. The van der Waals surface area contributed by atoms with Crippen LogP contribution in [0.4, 0.5) is 13.2 Å². The van der Waals surface area contributed by atoms with Gasteiger partial charge in [0.25, 0.3) is 0 Å². The predicted octanol–water partition coefficient (Wildman–Crippen LogP) is 3.65. The molecule has 0 spiro atoms. The normalized spacial score (nSPS) is 15.2. The Hall–Kier alpha value is -3.91. The van der Waals surface area contributed by atoms with Gasteiger partial charge in [-0.3, -0.25) is 0 Å². The molecule has 3 aromatic rings. The summed E-state index contributed by atoms with van der Waals surface area (Å²) in [4.78, 5) is 27.5. The summed E-state index contributed by atoms with van der Waals surface area (Å²) < 4.78 is 47.8. The molecular formula is C30H34F3N4O3P. The van der Waals surface area contributed by atoms with E-state index in [1.54, 1.807) is 98.0 Å². The number of halogens is 3. The second-order valence-electron chi connectivity index (χ2n) is 10.5. The third kappa shape index (κ3) is 5.79. The monoisotopic (exact) mass is 586 g/mol. The van der Waals surface area contributed by atoms with E-state index < -0.39 is 24.4 Å². The molecule has 1 amide bonds. The van der Waals surface area contributed by atoms with Crippen LogP contribution < -0.4 is 27.0 Å². The molecule has 11 heteroatoms. The average molecular weight is 587 g/mol. The van der Waals surface area contributed by atoms with Crippen LogP contribution in [0.1, 0.15) is 19.3 Å². The molecule has 0 aromatic heterocycles. The third-order valence-electron chi connectivity index (χ3n) is 7.76. The second kappa shape index (κ2) is 11.5. The van der Waals surface area contributed by atoms with Crippen molar-refractivity contribution in [1.29, 1.82) is 5.41 Å². The zero-order valence-corrected chi connectivity index (χ0v) is 23.6. The maximum atomic E-state index is 14.0. The summed E-state index contributed by atoms with van der Waals surface area (Å²) >= 11 is 0. The van der Waals surface area contributed by atoms with E-state index in [1.807, 2.05) is 0 Å². The standard InChI is InChI=1S/C30H34F3N4O3P/c1-37(28(34)35)22-29(18-19-29)26(38)36-20-11-21-41(23-12-5-2-6-13-23,24-14-7-3-8-15-24,25-16-9-4-10-17-25)40-27(39)30(31,32)33/h2-10,12-17H,11,18-22H2,1H3,(H3,34,35)(H,36,38). The molecule has 0 heterocycles. The molecule has 4 rings (SSSR count). The van der Waals surface area contributed by atoms with Gasteiger partial charge in [-0.2, -0.15) is 0 Å². The molecule has 0 atom stereocenters. The van der Waals surface area contributed by atoms with Crippen LogP contribution in [0.2, 0.25) is 0 Å². The molecular weight excluding hydrogens is 552 g/mol. The van der Waals surface area contributed by atoms with E-state index in [0.717, 1.165) is 0 Å². The van der Waals surface area contributed by atoms with E-state index in [1.165, 1.54) is 4.90 Å². The topological polar surface area (TPSA) is 109 Å². The van der Waals surface area contributed by atoms with E-state index in [2.05, 4.69) is 5.32 Å². The Balaban J connectivity index is 1.78. The Morgan fingerprint density at radius 3 is 1.73 bits per heavy atom. The van der Waals surface area contributed by atoms with Gasteiger partial charge in [0, 0.05) is 0 Å². The Morgan fingerprint density at radius 2 is 1.37 bits per heavy atom. The number of nitrogens with zero attached hydrogens (tertiary/aromatic N) is 1. The van der Waals surface area contributed by atoms with Crippen molar-refractivity contribution in [1.82, 2.24) is 10.2 Å². The Labute approximate surface area is 237 Å². The van der Waals surface area contributed by atoms with Crippen molar-refractivity contribution in [3.63, 3.8) is 0 Å². The van der Waals surface area contributed by atoms with E-state index in [9.17, 15) is 22.8 Å². The first kappa shape index (κ1) is 30.1. The fourth-order valence-corrected chi connectivity index (χ4v) is 11.1. The number of hydrogen-bond donors (Lipinski definition) is 3. The minimum absolute atomic E-state index is 0.0338. The van der Waals surface area contributed by atoms with Gasteiger partial charge in [-0.05, 0) is 0 Å². The van der Waals surface area contributed by atoms with Crippen molar-refractivity contribution in [3.05, 3.63) is 91.0 Å². The van der Waals surface area contributed by atoms with Crippen molar-refractivity contribution in [2.24, 2.45) is 11.1 Å². The van der Waals surface area contributed by atoms with Crippen LogP contribution in [-0.4, -0.2) is 55.2 Å². The quantitative estimate of drug-likeness (QED) is 0.138. The summed E-state index contributed by atoms with van der Waals surface area (Å²) in [7, 11) is 1.65. The molecule has 1 aliphatic rings. The van der Waals surface area contributed by atoms with Crippen molar-refractivity contribution < 1.29 is 27.3 Å². The summed E-state index contributed by atoms with van der Waals surface area (Å²) in [5.41, 5.74) is 4.89. The molecule has 0 aliphatic heterocycles. The number of benzene rings is 3. The van der Waals surface area contributed by atoms with Crippen molar-refractivity contribution in [3.8, 4) is 0 Å². The molecule has 3 aromatic carbocycles. The Bertz CT molecular complexity index is 1280. The van der Waals surface area contributed by atoms with Gasteiger partial charge in [0.05, 0.1) is 0 Å². The molecule has 41 heavy (non-hydrogen) atoms. The van der Waals surface area contributed by atoms with Crippen molar-refractivity contribution in [2.75, 3.05) is 26.3 Å². The molecule has 1 aliphatic carbocycles. The molecule has 4 N–H and O–H groups in total. The summed E-state index contributed by atoms with van der Waals surface area (Å²) in [5.74, 6) is -2.60. The zero-order valence-electron chi connectivity index (χ0n) is 22.7. The molecule has 1 fully saturated rings. The van der Waals surface area contributed by atoms with Gasteiger partial charge in [-0.25, -0.2) is 0 Å². The van der Waals surface area contributed by atoms with Crippen LogP contribution in [0, 0.1) is 10.8 Å². The molecule has 7 nitrogen and oxygen atoms in total. The van der Waals surface area contributed by atoms with Gasteiger partial charge in [0.2, 0.25) is 0 Å². The molecule has 0 saturated heterocycles. The molecule has 1 saturated carbocycles. The molecule has 0 radical (unpaired) electrons. The van der Waals surface area contributed by atoms with E-state index in [-0.39, 0.29) is 31.0 Å². The minimum atomic E-state index is -5.23. The number of nitrogens with two attached hydrogens (primary N) is 1. The zero-order chi connectivity index (χ0) is 29.8. The van der Waals surface area contributed by atoms with Crippen molar-refractivity contribution in [2.45, 2.75) is 25.4 Å². The van der Waals surface area contributed by atoms with Crippen LogP contribution in [0.25, 0.3) is 0 Å². The van der Waals surface area contributed by atoms with E-state index in [0.29, 0.717) is 35.3 Å². The third-order valence-corrected chi connectivity index (χ3v) is 13.7. The summed E-state index contributed by atoms with van der Waals surface area (Å²) in [6.45, 7) is -4.14. The Morgan fingerprint density at radius 1 is 0.927 bits per heavy atom. The van der Waals surface area contributed by atoms with Gasteiger partial charge in [-0.15, -0.1) is 0 Å². The number of carbonyl (C=O) groups excluding carboxylic acids is 2. The van der Waals surface area contributed by atoms with E-state index >= 15 is 0 Å². The second-order valence-corrected chi connectivity index (χ2v) is 15.1. The van der Waals surface area contributed by atoms with Crippen LogP contribution >= 0.6 is 6.83 Å². The first-order valence-electron chi connectivity index (χ1n) is 13.3. The first-order chi connectivity index (χ1) is 19.4. The van der Waals surface area contributed by atoms with Crippen LogP contribution in [-0.2, 0) is 14.1 Å². The predicted molar refractivity (Wildman–Crippen MR) is 156 cm³/mol. The maximum absolute atomic E-state index is 14.0. The average Bonchev–Trinajstić information content (AvgIpc) is 3.76. The molecule has 0 bridgehead atoms. The first-order valence-corrected chi connectivity index (χ1v) is 15.6. The van der Waals surface area contributed by atoms with E-state index in [4.69, 9.17) is 15.7 Å². The van der Waals surface area contributed by atoms with Gasteiger partial charge >= 0.3 is 237 Å². The van der Waals surface area contributed by atoms with Crippen LogP contribution in [0.5, 0.6) is 0 Å². The van der Waals surface area contributed by atoms with Gasteiger partial charge in [-0.1, -0.05) is 0 Å². The van der Waals surface area contributed by atoms with Crippen LogP contribution in [0.15, 0.2) is 91.0 Å². The fraction of sp³-hybridized carbons (Fsp3) is 0.300. The number of amides is 1. The number of alkyl halides is 3. The number of rotatable bonds is 11. The summed E-state index contributed by atoms with van der Waals surface area (Å²) in [6, 6.07) is 25.8. The molecule has 0 unspecified atom stereocenters. The fourth-order valence-electron chi connectivity index (χ4n) is 5.42. The van der Waals surface area contributed by atoms with Gasteiger partial charge in [0.1, 0.15) is 0 Å². The Kier molecular flexibility index (Phi) is 8.45. The van der Waals surface area contributed by atoms with Gasteiger partial charge < -0.3 is 0 Å².